The Balaban J connectivity index is 1.61. The average molecular weight is 414 g/mol. The summed E-state index contributed by atoms with van der Waals surface area (Å²) in [7, 11) is -4.20. The predicted molar refractivity (Wildman–Crippen MR) is 100.0 cm³/mol. The largest absolute Gasteiger partial charge is 0.452 e. The van der Waals surface area contributed by atoms with Crippen molar-refractivity contribution in [2.24, 2.45) is 0 Å². The Hall–Kier alpha value is -3.52. The molecule has 4 rings (SSSR count). The molecule has 146 valence electrons. The zero-order valence-electron chi connectivity index (χ0n) is 14.6. The summed E-state index contributed by atoms with van der Waals surface area (Å²) in [6.07, 6.45) is 1.27. The van der Waals surface area contributed by atoms with Gasteiger partial charge in [0.1, 0.15) is 28.0 Å². The van der Waals surface area contributed by atoms with Crippen molar-refractivity contribution in [3.63, 3.8) is 0 Å². The number of halogens is 2. The molecule has 0 fully saturated rings. The van der Waals surface area contributed by atoms with Gasteiger partial charge in [0.25, 0.3) is 0 Å². The number of allylic oxidation sites excluding steroid dienone is 1. The first-order valence-electron chi connectivity index (χ1n) is 8.36. The van der Waals surface area contributed by atoms with E-state index >= 15 is 0 Å². The highest BCUT2D eigenvalue weighted by Crippen LogP contribution is 2.35. The number of benzene rings is 3. The highest BCUT2D eigenvalue weighted by molar-refractivity contribution is 7.87. The maximum atomic E-state index is 13.8. The van der Waals surface area contributed by atoms with E-state index in [1.165, 1.54) is 42.5 Å². The Kier molecular flexibility index (Phi) is 4.63. The lowest BCUT2D eigenvalue weighted by atomic mass is 10.1. The molecule has 0 aliphatic carbocycles. The van der Waals surface area contributed by atoms with Crippen molar-refractivity contribution < 1.29 is 30.9 Å². The number of Topliss-reactive ketones (excluding diaryl/α,β-unsaturated/α-hetero) is 1. The molecule has 0 unspecified atom stereocenters. The van der Waals surface area contributed by atoms with E-state index in [1.54, 1.807) is 6.07 Å². The molecule has 3 aromatic carbocycles. The zero-order valence-corrected chi connectivity index (χ0v) is 15.5. The SMILES string of the molecule is O=C1/C(=C/c2ccccc2F)Oc2cc(OS(=O)(=O)c3ccc(F)cc3)ccc21. The van der Waals surface area contributed by atoms with Crippen molar-refractivity contribution in [1.29, 1.82) is 0 Å². The number of carbonyl (C=O) groups excluding carboxylic acids is 1. The van der Waals surface area contributed by atoms with Crippen molar-refractivity contribution in [3.05, 3.63) is 95.3 Å². The fourth-order valence-electron chi connectivity index (χ4n) is 2.73. The Morgan fingerprint density at radius 1 is 0.931 bits per heavy atom. The van der Waals surface area contributed by atoms with E-state index in [9.17, 15) is 22.0 Å². The highest BCUT2D eigenvalue weighted by Gasteiger charge is 2.29. The lowest BCUT2D eigenvalue weighted by Crippen LogP contribution is -2.09. The van der Waals surface area contributed by atoms with Crippen molar-refractivity contribution in [2.75, 3.05) is 0 Å². The van der Waals surface area contributed by atoms with E-state index in [1.807, 2.05) is 0 Å². The molecule has 0 saturated carbocycles. The van der Waals surface area contributed by atoms with Crippen molar-refractivity contribution in [2.45, 2.75) is 4.90 Å². The van der Waals surface area contributed by atoms with E-state index in [4.69, 9.17) is 8.92 Å². The lowest BCUT2D eigenvalue weighted by molar-refractivity contribution is 0.101. The number of rotatable bonds is 4. The minimum absolute atomic E-state index is 0.0874. The molecule has 0 spiro atoms. The summed E-state index contributed by atoms with van der Waals surface area (Å²) in [6, 6.07) is 13.9. The molecule has 0 bridgehead atoms. The van der Waals surface area contributed by atoms with Gasteiger partial charge in [0.2, 0.25) is 5.78 Å². The smallest absolute Gasteiger partial charge is 0.339 e. The van der Waals surface area contributed by atoms with Gasteiger partial charge in [0.15, 0.2) is 5.76 Å². The number of hydrogen-bond acceptors (Lipinski definition) is 5. The second-order valence-electron chi connectivity index (χ2n) is 6.11. The van der Waals surface area contributed by atoms with E-state index in [2.05, 4.69) is 0 Å². The summed E-state index contributed by atoms with van der Waals surface area (Å²) >= 11 is 0. The molecule has 1 aliphatic rings. The summed E-state index contributed by atoms with van der Waals surface area (Å²) in [4.78, 5) is 12.2. The molecule has 0 amide bonds. The van der Waals surface area contributed by atoms with E-state index < -0.39 is 27.5 Å². The van der Waals surface area contributed by atoms with Crippen LogP contribution in [0.1, 0.15) is 15.9 Å². The van der Waals surface area contributed by atoms with Crippen LogP contribution in [0, 0.1) is 11.6 Å². The molecule has 0 N–H and O–H groups in total. The highest BCUT2D eigenvalue weighted by atomic mass is 32.2. The molecule has 29 heavy (non-hydrogen) atoms. The van der Waals surface area contributed by atoms with Crippen LogP contribution in [0.5, 0.6) is 11.5 Å². The van der Waals surface area contributed by atoms with Crippen LogP contribution in [-0.4, -0.2) is 14.2 Å². The normalized spacial score (nSPS) is 14.6. The second kappa shape index (κ2) is 7.14. The molecule has 0 saturated heterocycles. The van der Waals surface area contributed by atoms with Gasteiger partial charge in [-0.3, -0.25) is 4.79 Å². The van der Waals surface area contributed by atoms with Gasteiger partial charge in [0, 0.05) is 11.6 Å². The predicted octanol–water partition coefficient (Wildman–Crippen LogP) is 4.35. The summed E-state index contributed by atoms with van der Waals surface area (Å²) in [6.45, 7) is 0. The molecule has 5 nitrogen and oxygen atoms in total. The van der Waals surface area contributed by atoms with Gasteiger partial charge in [0.05, 0.1) is 5.56 Å². The zero-order chi connectivity index (χ0) is 20.6. The summed E-state index contributed by atoms with van der Waals surface area (Å²) in [5.41, 5.74) is 0.373. The third-order valence-corrected chi connectivity index (χ3v) is 5.40. The molecule has 1 heterocycles. The summed E-state index contributed by atoms with van der Waals surface area (Å²) < 4.78 is 62.0. The molecule has 0 aromatic heterocycles. The molecule has 3 aromatic rings. The standard InChI is InChI=1S/C21H12F2O5S/c22-14-5-8-16(9-6-14)29(25,26)28-15-7-10-17-19(12-15)27-20(21(17)24)11-13-3-1-2-4-18(13)23/h1-12H/b20-11-. The third kappa shape index (κ3) is 3.74. The molecular formula is C21H12F2O5S. The molecule has 1 aliphatic heterocycles. The monoisotopic (exact) mass is 414 g/mol. The number of hydrogen-bond donors (Lipinski definition) is 0. The first kappa shape index (κ1) is 18.8. The number of fused-ring (bicyclic) bond motifs is 1. The van der Waals surface area contributed by atoms with Crippen LogP contribution in [-0.2, 0) is 10.1 Å². The van der Waals surface area contributed by atoms with E-state index in [0.717, 1.165) is 24.3 Å². The fourth-order valence-corrected chi connectivity index (χ4v) is 3.65. The van der Waals surface area contributed by atoms with E-state index in [0.29, 0.717) is 0 Å². The minimum Gasteiger partial charge on any atom is -0.452 e. The van der Waals surface area contributed by atoms with Crippen LogP contribution >= 0.6 is 0 Å². The van der Waals surface area contributed by atoms with Gasteiger partial charge >= 0.3 is 10.1 Å². The van der Waals surface area contributed by atoms with Crippen molar-refractivity contribution >= 4 is 22.0 Å². The van der Waals surface area contributed by atoms with Gasteiger partial charge in [-0.05, 0) is 48.5 Å². The first-order chi connectivity index (χ1) is 13.8. The Labute approximate surface area is 164 Å². The average Bonchev–Trinajstić information content (AvgIpc) is 2.98. The van der Waals surface area contributed by atoms with Gasteiger partial charge < -0.3 is 8.92 Å². The first-order valence-corrected chi connectivity index (χ1v) is 9.77. The molecule has 0 radical (unpaired) electrons. The maximum absolute atomic E-state index is 13.8. The molecule has 0 atom stereocenters. The van der Waals surface area contributed by atoms with Gasteiger partial charge in [-0.2, -0.15) is 8.42 Å². The van der Waals surface area contributed by atoms with Crippen LogP contribution < -0.4 is 8.92 Å². The Bertz CT molecular complexity index is 1250. The van der Waals surface area contributed by atoms with Crippen molar-refractivity contribution in [1.82, 2.24) is 0 Å². The van der Waals surface area contributed by atoms with E-state index in [-0.39, 0.29) is 33.3 Å². The topological polar surface area (TPSA) is 69.7 Å². The van der Waals surface area contributed by atoms with Crippen molar-refractivity contribution in [3.8, 4) is 11.5 Å². The fraction of sp³-hybridized carbons (Fsp3) is 0. The maximum Gasteiger partial charge on any atom is 0.339 e. The lowest BCUT2D eigenvalue weighted by Gasteiger charge is -2.08. The third-order valence-electron chi connectivity index (χ3n) is 4.14. The van der Waals surface area contributed by atoms with Gasteiger partial charge in [-0.15, -0.1) is 0 Å². The Morgan fingerprint density at radius 3 is 2.38 bits per heavy atom. The van der Waals surface area contributed by atoms with Gasteiger partial charge in [-0.25, -0.2) is 8.78 Å². The number of ketones is 1. The second-order valence-corrected chi connectivity index (χ2v) is 7.66. The van der Waals surface area contributed by atoms with Crippen LogP contribution in [0.3, 0.4) is 0 Å². The summed E-state index contributed by atoms with van der Waals surface area (Å²) in [5, 5.41) is 0. The Morgan fingerprint density at radius 2 is 1.66 bits per heavy atom. The van der Waals surface area contributed by atoms with Crippen LogP contribution in [0.25, 0.3) is 6.08 Å². The minimum atomic E-state index is -4.20. The van der Waals surface area contributed by atoms with Crippen LogP contribution in [0.4, 0.5) is 8.78 Å². The summed E-state index contributed by atoms with van der Waals surface area (Å²) in [5.74, 6) is -1.65. The van der Waals surface area contributed by atoms with Crippen LogP contribution in [0.2, 0.25) is 0 Å². The number of ether oxygens (including phenoxy) is 1. The quantitative estimate of drug-likeness (QED) is 0.469. The molecule has 8 heteroatoms. The van der Waals surface area contributed by atoms with Crippen LogP contribution in [0.15, 0.2) is 77.4 Å². The molecular weight excluding hydrogens is 402 g/mol. The number of carbonyl (C=O) groups is 1. The van der Waals surface area contributed by atoms with Gasteiger partial charge in [-0.1, -0.05) is 18.2 Å².